The zero-order valence-corrected chi connectivity index (χ0v) is 17.2. The number of phenolic OH excluding ortho intramolecular Hbond substituents is 2. The third kappa shape index (κ3) is 5.39. The molecule has 0 aliphatic rings. The smallest absolute Gasteiger partial charge is 0.190 e. The first-order chi connectivity index (χ1) is 13.6. The minimum absolute atomic E-state index is 0. The molecule has 0 aliphatic heterocycles. The van der Waals surface area contributed by atoms with Gasteiger partial charge in [-0.15, -0.1) is 0 Å². The Morgan fingerprint density at radius 2 is 1.41 bits per heavy atom. The number of hydrogen-bond acceptors (Lipinski definition) is 5. The molecule has 0 aliphatic carbocycles. The fourth-order valence-electron chi connectivity index (χ4n) is 2.39. The van der Waals surface area contributed by atoms with Crippen LogP contribution in [0.5, 0.6) is 11.5 Å². The number of phenols is 2. The van der Waals surface area contributed by atoms with Gasteiger partial charge in [-0.2, -0.15) is 5.26 Å². The van der Waals surface area contributed by atoms with Crippen molar-refractivity contribution in [1.29, 1.82) is 5.26 Å². The van der Waals surface area contributed by atoms with Crippen molar-refractivity contribution < 1.29 is 31.3 Å². The van der Waals surface area contributed by atoms with Gasteiger partial charge in [-0.1, -0.05) is 24.3 Å². The Morgan fingerprint density at radius 3 is 1.90 bits per heavy atom. The summed E-state index contributed by atoms with van der Waals surface area (Å²) in [7, 11) is 0. The maximum absolute atomic E-state index is 9.98. The summed E-state index contributed by atoms with van der Waals surface area (Å²) in [6.07, 6.45) is 2.99. The quantitative estimate of drug-likeness (QED) is 0.346. The summed E-state index contributed by atoms with van der Waals surface area (Å²) in [4.78, 5) is 12.0. The van der Waals surface area contributed by atoms with E-state index in [0.717, 1.165) is 0 Å². The van der Waals surface area contributed by atoms with Gasteiger partial charge in [0.15, 0.2) is 5.69 Å². The van der Waals surface area contributed by atoms with Crippen molar-refractivity contribution in [3.8, 4) is 17.6 Å². The molecule has 0 radical (unpaired) electrons. The molecule has 6 nitrogen and oxygen atoms in total. The Balaban J connectivity index is 0.00000300. The first kappa shape index (κ1) is 21.6. The van der Waals surface area contributed by atoms with E-state index >= 15 is 0 Å². The Morgan fingerprint density at radius 1 is 0.862 bits per heavy atom. The van der Waals surface area contributed by atoms with E-state index in [0.29, 0.717) is 33.8 Å². The summed E-state index contributed by atoms with van der Waals surface area (Å²) in [6, 6.07) is 18.3. The van der Waals surface area contributed by atoms with Crippen molar-refractivity contribution in [2.45, 2.75) is 0 Å². The Kier molecular flexibility index (Phi) is 7.43. The molecule has 0 unspecified atom stereocenters. The second-order valence-electron chi connectivity index (χ2n) is 5.75. The maximum atomic E-state index is 9.98. The maximum Gasteiger partial charge on any atom is 0.190 e. The molecular weight excluding hydrogens is 547 g/mol. The van der Waals surface area contributed by atoms with Gasteiger partial charge in [0.05, 0.1) is 29.6 Å². The van der Waals surface area contributed by atoms with Gasteiger partial charge < -0.3 is 10.2 Å². The zero-order valence-electron chi connectivity index (χ0n) is 14.9. The van der Waals surface area contributed by atoms with Gasteiger partial charge in [-0.3, -0.25) is 9.98 Å². The van der Waals surface area contributed by atoms with Crippen molar-refractivity contribution in [2.24, 2.45) is 9.98 Å². The largest absolute Gasteiger partial charge is 0.509 e. The Bertz CT molecular complexity index is 1080. The monoisotopic (exact) mass is 561 g/mol. The number of hydrogen-bond donors (Lipinski definition) is 2. The molecule has 0 heterocycles. The average molecular weight is 561 g/mol. The normalized spacial score (nSPS) is 10.4. The summed E-state index contributed by atoms with van der Waals surface area (Å²) in [6.45, 7) is 6.96. The van der Waals surface area contributed by atoms with Crippen molar-refractivity contribution in [1.82, 2.24) is 0 Å². The Hall–Kier alpha value is -3.73. The molecule has 2 N–H and O–H groups in total. The van der Waals surface area contributed by atoms with Crippen LogP contribution in [0.2, 0.25) is 0 Å². The summed E-state index contributed by atoms with van der Waals surface area (Å²) in [5.41, 5.74) is 2.81. The number of benzene rings is 3. The van der Waals surface area contributed by atoms with Crippen molar-refractivity contribution in [3.05, 3.63) is 88.8 Å². The molecule has 0 aromatic heterocycles. The SMILES string of the molecule is [C-]#[N+]c1ccc(C=Nc2ccccc2N=Cc2ccc(C#N)cc2O)c(O)c1.[Pt]. The molecule has 0 fully saturated rings. The number of nitrogens with zero attached hydrogens (tertiary/aromatic N) is 4. The van der Waals surface area contributed by atoms with Crippen LogP contribution in [0.3, 0.4) is 0 Å². The second kappa shape index (κ2) is 9.99. The number of aliphatic imine (C=N–C) groups is 2. The molecule has 144 valence electrons. The van der Waals surface area contributed by atoms with Crippen molar-refractivity contribution in [3.63, 3.8) is 0 Å². The Labute approximate surface area is 182 Å². The van der Waals surface area contributed by atoms with Crippen LogP contribution >= 0.6 is 0 Å². The van der Waals surface area contributed by atoms with E-state index in [1.165, 1.54) is 24.6 Å². The number of aromatic hydroxyl groups is 2. The molecule has 7 heteroatoms. The van der Waals surface area contributed by atoms with Gasteiger partial charge in [0.1, 0.15) is 11.5 Å². The molecule has 3 aromatic rings. The number of para-hydroxylation sites is 2. The molecule has 0 bridgehead atoms. The van der Waals surface area contributed by atoms with Crippen LogP contribution < -0.4 is 0 Å². The molecule has 0 spiro atoms. The summed E-state index contributed by atoms with van der Waals surface area (Å²) in [5.74, 6) is -0.0608. The summed E-state index contributed by atoms with van der Waals surface area (Å²) in [5, 5.41) is 28.8. The van der Waals surface area contributed by atoms with Gasteiger partial charge >= 0.3 is 0 Å². The minimum atomic E-state index is -0.0337. The number of nitriles is 1. The zero-order chi connectivity index (χ0) is 19.9. The first-order valence-corrected chi connectivity index (χ1v) is 8.21. The van der Waals surface area contributed by atoms with Crippen LogP contribution in [-0.4, -0.2) is 22.6 Å². The first-order valence-electron chi connectivity index (χ1n) is 8.21. The molecule has 29 heavy (non-hydrogen) atoms. The van der Waals surface area contributed by atoms with E-state index in [1.54, 1.807) is 36.4 Å². The van der Waals surface area contributed by atoms with Gasteiger partial charge in [0.25, 0.3) is 0 Å². The third-order valence-corrected chi connectivity index (χ3v) is 3.87. The summed E-state index contributed by atoms with van der Waals surface area (Å²) >= 11 is 0. The third-order valence-electron chi connectivity index (χ3n) is 3.87. The van der Waals surface area contributed by atoms with Gasteiger partial charge in [0, 0.05) is 44.6 Å². The van der Waals surface area contributed by atoms with Gasteiger partial charge in [-0.25, -0.2) is 4.85 Å². The predicted molar refractivity (Wildman–Crippen MR) is 108 cm³/mol. The van der Waals surface area contributed by atoms with Crippen LogP contribution in [0, 0.1) is 17.9 Å². The van der Waals surface area contributed by atoms with E-state index < -0.39 is 0 Å². The average Bonchev–Trinajstić information content (AvgIpc) is 2.72. The van der Waals surface area contributed by atoms with E-state index in [9.17, 15) is 10.2 Å². The van der Waals surface area contributed by atoms with Gasteiger partial charge in [0.2, 0.25) is 0 Å². The van der Waals surface area contributed by atoms with E-state index in [1.807, 2.05) is 18.2 Å². The van der Waals surface area contributed by atoms with Gasteiger partial charge in [-0.05, 0) is 36.4 Å². The van der Waals surface area contributed by atoms with Crippen molar-refractivity contribution >= 4 is 29.5 Å². The second-order valence-corrected chi connectivity index (χ2v) is 5.75. The summed E-state index contributed by atoms with van der Waals surface area (Å²) < 4.78 is 0. The van der Waals surface area contributed by atoms with E-state index in [4.69, 9.17) is 11.8 Å². The molecule has 3 aromatic carbocycles. The van der Waals surface area contributed by atoms with Crippen molar-refractivity contribution in [2.75, 3.05) is 0 Å². The fourth-order valence-corrected chi connectivity index (χ4v) is 2.39. The molecule has 0 saturated carbocycles. The molecule has 0 saturated heterocycles. The number of rotatable bonds is 4. The van der Waals surface area contributed by atoms with E-state index in [2.05, 4.69) is 14.8 Å². The predicted octanol–water partition coefficient (Wildman–Crippen LogP) is 5.02. The van der Waals surface area contributed by atoms with Crippen LogP contribution in [0.4, 0.5) is 17.1 Å². The van der Waals surface area contributed by atoms with Crippen LogP contribution in [0.25, 0.3) is 4.85 Å². The van der Waals surface area contributed by atoms with E-state index in [-0.39, 0.29) is 32.6 Å². The molecule has 0 atom stereocenters. The molecular formula is C22H14N4O2Pt. The van der Waals surface area contributed by atoms with Crippen LogP contribution in [0.1, 0.15) is 16.7 Å². The standard InChI is InChI=1S/C22H14N4O2.Pt/c1-24-18-9-8-17(22(28)11-18)14-26-20-5-3-2-4-19(20)25-13-16-7-6-15(12-23)10-21(16)27;/h2-11,13-14,27-28H;. The van der Waals surface area contributed by atoms with Crippen LogP contribution in [0.15, 0.2) is 70.6 Å². The van der Waals surface area contributed by atoms with Crippen LogP contribution in [-0.2, 0) is 21.1 Å². The fraction of sp³-hybridized carbons (Fsp3) is 0. The topological polar surface area (TPSA) is 93.3 Å². The minimum Gasteiger partial charge on any atom is -0.509 e. The molecule has 0 amide bonds. The molecule has 3 rings (SSSR count).